The van der Waals surface area contributed by atoms with Gasteiger partial charge in [0.15, 0.2) is 0 Å². The third kappa shape index (κ3) is 5.99. The Morgan fingerprint density at radius 2 is 2.06 bits per heavy atom. The van der Waals surface area contributed by atoms with Gasteiger partial charge in [0.1, 0.15) is 5.82 Å². The first-order valence-electron chi connectivity index (χ1n) is 5.02. The van der Waals surface area contributed by atoms with Crippen molar-refractivity contribution in [1.29, 1.82) is 0 Å². The number of nitrogens with zero attached hydrogens (tertiary/aromatic N) is 1. The van der Waals surface area contributed by atoms with Gasteiger partial charge in [-0.1, -0.05) is 0 Å². The van der Waals surface area contributed by atoms with Gasteiger partial charge in [0.2, 0.25) is 10.0 Å². The van der Waals surface area contributed by atoms with Crippen molar-refractivity contribution in [2.75, 3.05) is 18.1 Å². The van der Waals surface area contributed by atoms with Crippen LogP contribution >= 0.6 is 15.9 Å². The van der Waals surface area contributed by atoms with Gasteiger partial charge in [-0.2, -0.15) is 0 Å². The molecule has 0 spiro atoms. The van der Waals surface area contributed by atoms with Crippen LogP contribution in [0.1, 0.15) is 13.8 Å². The minimum absolute atomic E-state index is 0.453. The second kappa shape index (κ2) is 5.32. The zero-order valence-electron chi connectivity index (χ0n) is 9.99. The van der Waals surface area contributed by atoms with Gasteiger partial charge >= 0.3 is 0 Å². The summed E-state index contributed by atoms with van der Waals surface area (Å²) in [6, 6.07) is 3.69. The molecule has 0 saturated heterocycles. The predicted octanol–water partition coefficient (Wildman–Crippen LogP) is 1.58. The molecule has 2 N–H and O–H groups in total. The van der Waals surface area contributed by atoms with Crippen molar-refractivity contribution >= 4 is 31.8 Å². The SMILES string of the molecule is CC(C)(CNc1ccc(Br)cn1)NS(C)(=O)=O. The molecule has 0 aliphatic rings. The van der Waals surface area contributed by atoms with Crippen LogP contribution in [0.4, 0.5) is 5.82 Å². The molecule has 1 rings (SSSR count). The van der Waals surface area contributed by atoms with Gasteiger partial charge in [0, 0.05) is 22.8 Å². The second-order valence-corrected chi connectivity index (χ2v) is 7.14. The quantitative estimate of drug-likeness (QED) is 0.863. The van der Waals surface area contributed by atoms with E-state index < -0.39 is 15.6 Å². The molecule has 0 aliphatic heterocycles. The van der Waals surface area contributed by atoms with Gasteiger partial charge in [-0.25, -0.2) is 18.1 Å². The number of halogens is 1. The molecular weight excluding hydrogens is 306 g/mol. The number of hydrogen-bond donors (Lipinski definition) is 2. The van der Waals surface area contributed by atoms with Crippen LogP contribution in [-0.2, 0) is 10.0 Å². The number of aromatic nitrogens is 1. The van der Waals surface area contributed by atoms with Crippen LogP contribution in [0.3, 0.4) is 0 Å². The molecule has 17 heavy (non-hydrogen) atoms. The van der Waals surface area contributed by atoms with E-state index in [1.54, 1.807) is 20.0 Å². The minimum Gasteiger partial charge on any atom is -0.368 e. The molecule has 0 amide bonds. The molecule has 0 atom stereocenters. The molecular formula is C10H16BrN3O2S. The maximum atomic E-state index is 11.1. The summed E-state index contributed by atoms with van der Waals surface area (Å²) in [6.07, 6.45) is 2.83. The lowest BCUT2D eigenvalue weighted by Gasteiger charge is -2.25. The van der Waals surface area contributed by atoms with Gasteiger partial charge in [-0.3, -0.25) is 0 Å². The Morgan fingerprint density at radius 3 is 2.53 bits per heavy atom. The average molecular weight is 322 g/mol. The number of anilines is 1. The normalized spacial score (nSPS) is 12.5. The van der Waals surface area contributed by atoms with Gasteiger partial charge in [-0.15, -0.1) is 0 Å². The van der Waals surface area contributed by atoms with Crippen LogP contribution in [-0.4, -0.2) is 31.7 Å². The van der Waals surface area contributed by atoms with E-state index in [0.29, 0.717) is 12.4 Å². The van der Waals surface area contributed by atoms with E-state index in [4.69, 9.17) is 0 Å². The van der Waals surface area contributed by atoms with Crippen molar-refractivity contribution in [3.8, 4) is 0 Å². The summed E-state index contributed by atoms with van der Waals surface area (Å²) in [7, 11) is -3.21. The van der Waals surface area contributed by atoms with E-state index in [9.17, 15) is 8.42 Å². The summed E-state index contributed by atoms with van der Waals surface area (Å²) in [4.78, 5) is 4.14. The molecule has 0 unspecified atom stereocenters. The fraction of sp³-hybridized carbons (Fsp3) is 0.500. The van der Waals surface area contributed by atoms with Gasteiger partial charge in [-0.05, 0) is 41.9 Å². The number of nitrogens with one attached hydrogen (secondary N) is 2. The Morgan fingerprint density at radius 1 is 1.41 bits per heavy atom. The Hall–Kier alpha value is -0.660. The molecule has 0 radical (unpaired) electrons. The van der Waals surface area contributed by atoms with E-state index in [1.165, 1.54) is 0 Å². The lowest BCUT2D eigenvalue weighted by molar-refractivity contribution is 0.476. The molecule has 1 aromatic rings. The Kier molecular flexibility index (Phi) is 4.51. The molecule has 1 aromatic heterocycles. The van der Waals surface area contributed by atoms with Crippen molar-refractivity contribution in [2.45, 2.75) is 19.4 Å². The lowest BCUT2D eigenvalue weighted by Crippen LogP contribution is -2.47. The summed E-state index contributed by atoms with van der Waals surface area (Å²) in [5.41, 5.74) is -0.567. The van der Waals surface area contributed by atoms with E-state index in [0.717, 1.165) is 10.7 Å². The van der Waals surface area contributed by atoms with Crippen LogP contribution in [0.25, 0.3) is 0 Å². The van der Waals surface area contributed by atoms with Crippen molar-refractivity contribution in [1.82, 2.24) is 9.71 Å². The standard InChI is InChI=1S/C10H16BrN3O2S/c1-10(2,14-17(3,15)16)7-13-9-5-4-8(11)6-12-9/h4-6,14H,7H2,1-3H3,(H,12,13). The van der Waals surface area contributed by atoms with Crippen LogP contribution < -0.4 is 10.0 Å². The van der Waals surface area contributed by atoms with Crippen LogP contribution in [0.2, 0.25) is 0 Å². The summed E-state index contributed by atoms with van der Waals surface area (Å²) in [5.74, 6) is 0.705. The van der Waals surface area contributed by atoms with Crippen molar-refractivity contribution in [3.05, 3.63) is 22.8 Å². The van der Waals surface area contributed by atoms with Crippen molar-refractivity contribution < 1.29 is 8.42 Å². The highest BCUT2D eigenvalue weighted by atomic mass is 79.9. The third-order valence-electron chi connectivity index (χ3n) is 1.90. The van der Waals surface area contributed by atoms with E-state index in [2.05, 4.69) is 31.0 Å². The number of rotatable bonds is 5. The summed E-state index contributed by atoms with van der Waals surface area (Å²) in [6.45, 7) is 4.06. The molecule has 0 saturated carbocycles. The molecule has 0 aliphatic carbocycles. The molecule has 7 heteroatoms. The van der Waals surface area contributed by atoms with Gasteiger partial charge in [0.05, 0.1) is 6.26 Å². The minimum atomic E-state index is -3.21. The monoisotopic (exact) mass is 321 g/mol. The average Bonchev–Trinajstić information content (AvgIpc) is 2.13. The highest BCUT2D eigenvalue weighted by molar-refractivity contribution is 9.10. The second-order valence-electron chi connectivity index (χ2n) is 4.47. The maximum Gasteiger partial charge on any atom is 0.209 e. The van der Waals surface area contributed by atoms with E-state index in [-0.39, 0.29) is 0 Å². The fourth-order valence-corrected chi connectivity index (χ4v) is 2.64. The summed E-state index contributed by atoms with van der Waals surface area (Å²) in [5, 5.41) is 3.08. The lowest BCUT2D eigenvalue weighted by atomic mass is 10.1. The van der Waals surface area contributed by atoms with E-state index >= 15 is 0 Å². The largest absolute Gasteiger partial charge is 0.368 e. The summed E-state index contributed by atoms with van der Waals surface area (Å²) < 4.78 is 25.7. The zero-order chi connectivity index (χ0) is 13.1. The van der Waals surface area contributed by atoms with Gasteiger partial charge < -0.3 is 5.32 Å². The maximum absolute atomic E-state index is 11.1. The van der Waals surface area contributed by atoms with E-state index in [1.807, 2.05) is 12.1 Å². The third-order valence-corrected chi connectivity index (χ3v) is 3.29. The van der Waals surface area contributed by atoms with Crippen molar-refractivity contribution in [2.24, 2.45) is 0 Å². The molecule has 0 fully saturated rings. The Balaban J connectivity index is 2.58. The van der Waals surface area contributed by atoms with Crippen LogP contribution in [0.15, 0.2) is 22.8 Å². The van der Waals surface area contributed by atoms with Crippen LogP contribution in [0.5, 0.6) is 0 Å². The zero-order valence-corrected chi connectivity index (χ0v) is 12.4. The fourth-order valence-electron chi connectivity index (χ4n) is 1.33. The van der Waals surface area contributed by atoms with Gasteiger partial charge in [0.25, 0.3) is 0 Å². The Bertz CT molecular complexity index is 471. The highest BCUT2D eigenvalue weighted by Crippen LogP contribution is 2.12. The number of hydrogen-bond acceptors (Lipinski definition) is 4. The van der Waals surface area contributed by atoms with Crippen molar-refractivity contribution in [3.63, 3.8) is 0 Å². The predicted molar refractivity (Wildman–Crippen MR) is 72.5 cm³/mol. The molecule has 0 aromatic carbocycles. The highest BCUT2D eigenvalue weighted by Gasteiger charge is 2.21. The Labute approximate surface area is 110 Å². The van der Waals surface area contributed by atoms with Crippen LogP contribution in [0, 0.1) is 0 Å². The molecule has 96 valence electrons. The smallest absolute Gasteiger partial charge is 0.209 e. The summed E-state index contributed by atoms with van der Waals surface area (Å²) >= 11 is 3.29. The number of pyridine rings is 1. The first-order chi connectivity index (χ1) is 7.68. The molecule has 1 heterocycles. The first-order valence-corrected chi connectivity index (χ1v) is 7.71. The topological polar surface area (TPSA) is 71.1 Å². The number of sulfonamides is 1. The molecule has 0 bridgehead atoms. The first kappa shape index (κ1) is 14.4. The molecule has 5 nitrogen and oxygen atoms in total.